The molecule has 2 aromatic rings. The molecule has 3 rings (SSSR count). The van der Waals surface area contributed by atoms with Crippen molar-refractivity contribution in [2.45, 2.75) is 52.5 Å². The predicted octanol–water partition coefficient (Wildman–Crippen LogP) is 4.07. The highest BCUT2D eigenvalue weighted by molar-refractivity contribution is 7.91. The van der Waals surface area contributed by atoms with E-state index in [2.05, 4.69) is 6.92 Å². The van der Waals surface area contributed by atoms with Crippen molar-refractivity contribution in [2.75, 3.05) is 24.7 Å². The van der Waals surface area contributed by atoms with Crippen LogP contribution in [0.15, 0.2) is 30.3 Å². The van der Waals surface area contributed by atoms with Crippen LogP contribution in [0.4, 0.5) is 0 Å². The first-order valence-electron chi connectivity index (χ1n) is 11.0. The third-order valence-corrected chi connectivity index (χ3v) is 7.55. The van der Waals surface area contributed by atoms with Crippen LogP contribution in [0.5, 0.6) is 5.75 Å². The summed E-state index contributed by atoms with van der Waals surface area (Å²) in [5.74, 6) is 0.0544. The first-order chi connectivity index (χ1) is 15.2. The number of carbonyl (C=O) groups is 2. The summed E-state index contributed by atoms with van der Waals surface area (Å²) >= 11 is 0. The number of ketones is 1. The second-order valence-corrected chi connectivity index (χ2v) is 10.5. The molecule has 0 bridgehead atoms. The number of hydrogen-bond acceptors (Lipinski definition) is 6. The quantitative estimate of drug-likeness (QED) is 0.301. The third-order valence-electron chi connectivity index (χ3n) is 5.80. The van der Waals surface area contributed by atoms with E-state index in [0.29, 0.717) is 35.6 Å². The Morgan fingerprint density at radius 1 is 1.12 bits per heavy atom. The molecule has 8 heteroatoms. The lowest BCUT2D eigenvalue weighted by Crippen LogP contribution is -2.17. The molecular weight excluding hydrogens is 430 g/mol. The van der Waals surface area contributed by atoms with Gasteiger partial charge in [0.05, 0.1) is 23.7 Å². The molecule has 1 fully saturated rings. The van der Waals surface area contributed by atoms with E-state index < -0.39 is 15.8 Å². The Kier molecular flexibility index (Phi) is 7.77. The molecule has 0 spiro atoms. The fourth-order valence-electron chi connectivity index (χ4n) is 4.12. The summed E-state index contributed by atoms with van der Waals surface area (Å²) in [6.45, 7) is 6.04. The highest BCUT2D eigenvalue weighted by Crippen LogP contribution is 2.29. The number of ether oxygens (including phenoxy) is 2. The number of hydrogen-bond donors (Lipinski definition) is 0. The molecule has 174 valence electrons. The summed E-state index contributed by atoms with van der Waals surface area (Å²) in [4.78, 5) is 25.0. The van der Waals surface area contributed by atoms with E-state index in [1.807, 2.05) is 11.5 Å². The molecule has 0 aliphatic carbocycles. The minimum absolute atomic E-state index is 0.0876. The highest BCUT2D eigenvalue weighted by atomic mass is 32.2. The zero-order valence-corrected chi connectivity index (χ0v) is 19.7. The van der Waals surface area contributed by atoms with Crippen molar-refractivity contribution in [1.29, 1.82) is 0 Å². The van der Waals surface area contributed by atoms with Gasteiger partial charge in [0.2, 0.25) is 5.78 Å². The summed E-state index contributed by atoms with van der Waals surface area (Å²) in [5, 5.41) is 0. The van der Waals surface area contributed by atoms with Crippen molar-refractivity contribution < 1.29 is 27.5 Å². The van der Waals surface area contributed by atoms with E-state index in [1.54, 1.807) is 37.3 Å². The average molecular weight is 462 g/mol. The number of esters is 1. The topological polar surface area (TPSA) is 91.7 Å². The number of benzene rings is 1. The van der Waals surface area contributed by atoms with Gasteiger partial charge >= 0.3 is 5.97 Å². The molecule has 7 nitrogen and oxygen atoms in total. The van der Waals surface area contributed by atoms with Gasteiger partial charge in [-0.1, -0.05) is 19.8 Å². The normalized spacial score (nSPS) is 17.3. The Morgan fingerprint density at radius 2 is 1.84 bits per heavy atom. The van der Waals surface area contributed by atoms with E-state index in [-0.39, 0.29) is 29.9 Å². The number of unbranched alkanes of at least 4 members (excludes halogenated alkanes) is 2. The molecule has 0 amide bonds. The van der Waals surface area contributed by atoms with E-state index in [4.69, 9.17) is 9.47 Å². The number of nitrogens with zero attached hydrogens (tertiary/aromatic N) is 1. The molecule has 1 atom stereocenters. The first kappa shape index (κ1) is 24.0. The van der Waals surface area contributed by atoms with Crippen molar-refractivity contribution in [2.24, 2.45) is 0 Å². The minimum Gasteiger partial charge on any atom is -0.494 e. The van der Waals surface area contributed by atoms with Gasteiger partial charge in [-0.2, -0.15) is 0 Å². The van der Waals surface area contributed by atoms with Crippen molar-refractivity contribution >= 4 is 21.6 Å². The van der Waals surface area contributed by atoms with E-state index in [9.17, 15) is 18.0 Å². The molecule has 1 saturated heterocycles. The molecular formula is C24H31NO6S. The second kappa shape index (κ2) is 10.3. The molecule has 1 unspecified atom stereocenters. The monoisotopic (exact) mass is 461 g/mol. The largest absolute Gasteiger partial charge is 0.494 e. The SMILES string of the molecule is CCCCCOc1ccc(C(=O)OCC(=O)c2cc(C)n(C3CCS(=O)(=O)C3)c2C)cc1. The molecule has 0 radical (unpaired) electrons. The van der Waals surface area contributed by atoms with Crippen LogP contribution in [0, 0.1) is 13.8 Å². The minimum atomic E-state index is -3.04. The van der Waals surface area contributed by atoms with Crippen LogP contribution in [-0.2, 0) is 14.6 Å². The number of aryl methyl sites for hydroxylation is 1. The summed E-state index contributed by atoms with van der Waals surface area (Å²) < 4.78 is 36.5. The van der Waals surface area contributed by atoms with Gasteiger partial charge in [0, 0.05) is 23.0 Å². The van der Waals surface area contributed by atoms with Crippen LogP contribution in [-0.4, -0.2) is 49.5 Å². The number of sulfone groups is 1. The maximum atomic E-state index is 12.7. The molecule has 0 saturated carbocycles. The first-order valence-corrected chi connectivity index (χ1v) is 12.9. The maximum Gasteiger partial charge on any atom is 0.338 e. The third kappa shape index (κ3) is 5.79. The number of Topliss-reactive ketones (excluding diaryl/α,β-unsaturated/α-hetero) is 1. The van der Waals surface area contributed by atoms with Gasteiger partial charge in [0.15, 0.2) is 16.4 Å². The lowest BCUT2D eigenvalue weighted by Gasteiger charge is -2.16. The molecule has 1 aromatic carbocycles. The zero-order chi connectivity index (χ0) is 23.3. The molecule has 2 heterocycles. The van der Waals surface area contributed by atoms with Gasteiger partial charge in [0.1, 0.15) is 5.75 Å². The standard InChI is InChI=1S/C24H31NO6S/c1-4-5-6-12-30-21-9-7-19(8-10-21)24(27)31-15-23(26)22-14-17(2)25(18(22)3)20-11-13-32(28,29)16-20/h7-10,14,20H,4-6,11-13,15-16H2,1-3H3. The van der Waals surface area contributed by atoms with Crippen molar-refractivity contribution in [3.05, 3.63) is 52.8 Å². The van der Waals surface area contributed by atoms with Crippen LogP contribution < -0.4 is 4.74 Å². The van der Waals surface area contributed by atoms with Gasteiger partial charge in [-0.15, -0.1) is 0 Å². The average Bonchev–Trinajstić information content (AvgIpc) is 3.27. The lowest BCUT2D eigenvalue weighted by atomic mass is 10.1. The molecule has 0 N–H and O–H groups in total. The second-order valence-electron chi connectivity index (χ2n) is 8.29. The van der Waals surface area contributed by atoms with Gasteiger partial charge in [-0.25, -0.2) is 13.2 Å². The summed E-state index contributed by atoms with van der Waals surface area (Å²) in [6, 6.07) is 8.25. The summed E-state index contributed by atoms with van der Waals surface area (Å²) in [7, 11) is -3.04. The van der Waals surface area contributed by atoms with Crippen LogP contribution in [0.3, 0.4) is 0 Å². The van der Waals surface area contributed by atoms with Crippen LogP contribution in [0.2, 0.25) is 0 Å². The van der Waals surface area contributed by atoms with Crippen LogP contribution >= 0.6 is 0 Å². The van der Waals surface area contributed by atoms with E-state index in [0.717, 1.165) is 25.0 Å². The van der Waals surface area contributed by atoms with Gasteiger partial charge in [-0.3, -0.25) is 4.79 Å². The van der Waals surface area contributed by atoms with Crippen molar-refractivity contribution in [3.63, 3.8) is 0 Å². The number of rotatable bonds is 10. The van der Waals surface area contributed by atoms with Crippen molar-refractivity contribution in [3.8, 4) is 5.75 Å². The Balaban J connectivity index is 1.57. The molecule has 1 aromatic heterocycles. The van der Waals surface area contributed by atoms with Gasteiger partial charge in [0.25, 0.3) is 0 Å². The van der Waals surface area contributed by atoms with Gasteiger partial charge in [-0.05, 0) is 57.0 Å². The lowest BCUT2D eigenvalue weighted by molar-refractivity contribution is 0.0474. The Bertz CT molecular complexity index is 1070. The molecule has 32 heavy (non-hydrogen) atoms. The Hall–Kier alpha value is -2.61. The van der Waals surface area contributed by atoms with E-state index in [1.165, 1.54) is 0 Å². The van der Waals surface area contributed by atoms with Crippen LogP contribution in [0.1, 0.15) is 70.8 Å². The fraction of sp³-hybridized carbons (Fsp3) is 0.500. The number of aromatic nitrogens is 1. The zero-order valence-electron chi connectivity index (χ0n) is 18.9. The molecule has 1 aliphatic rings. The highest BCUT2D eigenvalue weighted by Gasteiger charge is 2.31. The molecule has 1 aliphatic heterocycles. The van der Waals surface area contributed by atoms with Gasteiger partial charge < -0.3 is 14.0 Å². The van der Waals surface area contributed by atoms with Crippen molar-refractivity contribution in [1.82, 2.24) is 4.57 Å². The Morgan fingerprint density at radius 3 is 2.47 bits per heavy atom. The smallest absolute Gasteiger partial charge is 0.338 e. The Labute approximate surface area is 189 Å². The van der Waals surface area contributed by atoms with Crippen LogP contribution in [0.25, 0.3) is 0 Å². The predicted molar refractivity (Wildman–Crippen MR) is 122 cm³/mol. The summed E-state index contributed by atoms with van der Waals surface area (Å²) in [5.41, 5.74) is 2.33. The number of carbonyl (C=O) groups excluding carboxylic acids is 2. The fourth-order valence-corrected chi connectivity index (χ4v) is 5.82. The van der Waals surface area contributed by atoms with E-state index >= 15 is 0 Å². The maximum absolute atomic E-state index is 12.7. The summed E-state index contributed by atoms with van der Waals surface area (Å²) in [6.07, 6.45) is 3.76.